The first-order chi connectivity index (χ1) is 8.04. The minimum atomic E-state index is -0.214. The van der Waals surface area contributed by atoms with Crippen LogP contribution in [0.1, 0.15) is 38.8 Å². The van der Waals surface area contributed by atoms with Crippen molar-refractivity contribution in [2.75, 3.05) is 13.1 Å². The van der Waals surface area contributed by atoms with E-state index in [4.69, 9.17) is 5.73 Å². The Morgan fingerprint density at radius 2 is 2.06 bits per heavy atom. The van der Waals surface area contributed by atoms with Crippen molar-refractivity contribution in [3.63, 3.8) is 0 Å². The van der Waals surface area contributed by atoms with Crippen molar-refractivity contribution in [1.82, 2.24) is 4.90 Å². The maximum Gasteiger partial charge on any atom is 0.123 e. The summed E-state index contributed by atoms with van der Waals surface area (Å²) in [4.78, 5) is 2.36. The van der Waals surface area contributed by atoms with E-state index in [-0.39, 0.29) is 11.9 Å². The van der Waals surface area contributed by atoms with Crippen LogP contribution in [-0.4, -0.2) is 24.0 Å². The van der Waals surface area contributed by atoms with Gasteiger partial charge in [-0.15, -0.1) is 0 Å². The summed E-state index contributed by atoms with van der Waals surface area (Å²) in [6, 6.07) is 7.02. The van der Waals surface area contributed by atoms with Crippen molar-refractivity contribution in [2.24, 2.45) is 5.73 Å². The molecule has 0 saturated heterocycles. The predicted molar refractivity (Wildman–Crippen MR) is 70.3 cm³/mol. The average molecular weight is 238 g/mol. The van der Waals surface area contributed by atoms with Gasteiger partial charge in [0, 0.05) is 18.6 Å². The molecule has 3 heteroatoms. The monoisotopic (exact) mass is 238 g/mol. The minimum Gasteiger partial charge on any atom is -0.324 e. The topological polar surface area (TPSA) is 29.3 Å². The Bertz CT molecular complexity index is 339. The molecule has 0 aliphatic carbocycles. The van der Waals surface area contributed by atoms with Gasteiger partial charge in [0.05, 0.1) is 0 Å². The highest BCUT2D eigenvalue weighted by Gasteiger charge is 2.11. The fourth-order valence-corrected chi connectivity index (χ4v) is 1.99. The molecule has 0 heterocycles. The highest BCUT2D eigenvalue weighted by atomic mass is 19.1. The zero-order valence-corrected chi connectivity index (χ0v) is 11.0. The molecule has 1 rings (SSSR count). The quantitative estimate of drug-likeness (QED) is 0.825. The second kappa shape index (κ2) is 6.72. The average Bonchev–Trinajstić information content (AvgIpc) is 2.29. The molecule has 0 saturated carbocycles. The van der Waals surface area contributed by atoms with E-state index in [0.717, 1.165) is 25.1 Å². The van der Waals surface area contributed by atoms with Gasteiger partial charge in [0.25, 0.3) is 0 Å². The molecule has 0 aliphatic heterocycles. The molecule has 1 aromatic carbocycles. The van der Waals surface area contributed by atoms with Crippen LogP contribution in [0.3, 0.4) is 0 Å². The molecule has 0 aromatic heterocycles. The number of hydrogen-bond acceptors (Lipinski definition) is 2. The number of benzene rings is 1. The Morgan fingerprint density at radius 3 is 2.59 bits per heavy atom. The van der Waals surface area contributed by atoms with E-state index in [2.05, 4.69) is 25.7 Å². The van der Waals surface area contributed by atoms with Gasteiger partial charge < -0.3 is 10.6 Å². The molecule has 2 nitrogen and oxygen atoms in total. The third kappa shape index (κ3) is 4.44. The molecule has 0 amide bonds. The lowest BCUT2D eigenvalue weighted by atomic mass is 10.0. The van der Waals surface area contributed by atoms with Crippen molar-refractivity contribution in [3.05, 3.63) is 35.6 Å². The van der Waals surface area contributed by atoms with Crippen molar-refractivity contribution >= 4 is 0 Å². The molecule has 0 radical (unpaired) electrons. The number of nitrogens with zero attached hydrogens (tertiary/aromatic N) is 1. The summed E-state index contributed by atoms with van der Waals surface area (Å²) < 4.78 is 13.1. The van der Waals surface area contributed by atoms with Crippen LogP contribution in [0.15, 0.2) is 24.3 Å². The standard InChI is InChI=1S/C14H23FN2/c1-4-17(11(2)3)9-8-14(16)12-6-5-7-13(15)10-12/h5-7,10-11,14H,4,8-9,16H2,1-3H3. The van der Waals surface area contributed by atoms with E-state index in [0.29, 0.717) is 6.04 Å². The van der Waals surface area contributed by atoms with Crippen molar-refractivity contribution < 1.29 is 4.39 Å². The van der Waals surface area contributed by atoms with E-state index in [1.165, 1.54) is 12.1 Å². The summed E-state index contributed by atoms with van der Waals surface area (Å²) >= 11 is 0. The van der Waals surface area contributed by atoms with Gasteiger partial charge in [0.2, 0.25) is 0 Å². The molecule has 1 atom stereocenters. The van der Waals surface area contributed by atoms with E-state index in [1.807, 2.05) is 6.07 Å². The number of nitrogens with two attached hydrogens (primary N) is 1. The third-order valence-electron chi connectivity index (χ3n) is 3.14. The SMILES string of the molecule is CCN(CCC(N)c1cccc(F)c1)C(C)C. The Hall–Kier alpha value is -0.930. The third-order valence-corrected chi connectivity index (χ3v) is 3.14. The highest BCUT2D eigenvalue weighted by Crippen LogP contribution is 2.16. The highest BCUT2D eigenvalue weighted by molar-refractivity contribution is 5.19. The second-order valence-corrected chi connectivity index (χ2v) is 4.67. The Labute approximate surface area is 104 Å². The number of hydrogen-bond donors (Lipinski definition) is 1. The van der Waals surface area contributed by atoms with Crippen molar-refractivity contribution in [3.8, 4) is 0 Å². The lowest BCUT2D eigenvalue weighted by Gasteiger charge is -2.26. The number of rotatable bonds is 6. The smallest absolute Gasteiger partial charge is 0.123 e. The minimum absolute atomic E-state index is 0.0847. The molecule has 0 aliphatic rings. The summed E-state index contributed by atoms with van der Waals surface area (Å²) in [6.07, 6.45) is 0.857. The molecule has 0 bridgehead atoms. The Balaban J connectivity index is 2.52. The van der Waals surface area contributed by atoms with Gasteiger partial charge in [-0.25, -0.2) is 4.39 Å². The van der Waals surface area contributed by atoms with Crippen LogP contribution in [0.4, 0.5) is 4.39 Å². The Kier molecular flexibility index (Phi) is 5.59. The van der Waals surface area contributed by atoms with Gasteiger partial charge >= 0.3 is 0 Å². The van der Waals surface area contributed by atoms with E-state index >= 15 is 0 Å². The Morgan fingerprint density at radius 1 is 1.35 bits per heavy atom. The second-order valence-electron chi connectivity index (χ2n) is 4.67. The molecule has 1 aromatic rings. The summed E-state index contributed by atoms with van der Waals surface area (Å²) in [5.74, 6) is -0.214. The fraction of sp³-hybridized carbons (Fsp3) is 0.571. The van der Waals surface area contributed by atoms with Crippen molar-refractivity contribution in [2.45, 2.75) is 39.3 Å². The zero-order chi connectivity index (χ0) is 12.8. The van der Waals surface area contributed by atoms with Crippen LogP contribution in [-0.2, 0) is 0 Å². The number of halogens is 1. The van der Waals surface area contributed by atoms with Crippen LogP contribution in [0, 0.1) is 5.82 Å². The largest absolute Gasteiger partial charge is 0.324 e. The van der Waals surface area contributed by atoms with Gasteiger partial charge in [-0.2, -0.15) is 0 Å². The summed E-state index contributed by atoms with van der Waals surface area (Å²) in [6.45, 7) is 8.47. The van der Waals surface area contributed by atoms with Crippen LogP contribution in [0.5, 0.6) is 0 Å². The van der Waals surface area contributed by atoms with Crippen LogP contribution >= 0.6 is 0 Å². The normalized spacial score (nSPS) is 13.4. The molecule has 17 heavy (non-hydrogen) atoms. The maximum atomic E-state index is 13.1. The molecule has 96 valence electrons. The summed E-state index contributed by atoms with van der Waals surface area (Å²) in [7, 11) is 0. The fourth-order valence-electron chi connectivity index (χ4n) is 1.99. The molecule has 2 N–H and O–H groups in total. The van der Waals surface area contributed by atoms with Crippen molar-refractivity contribution in [1.29, 1.82) is 0 Å². The van der Waals surface area contributed by atoms with Crippen LogP contribution < -0.4 is 5.73 Å². The first-order valence-electron chi connectivity index (χ1n) is 6.29. The van der Waals surface area contributed by atoms with Gasteiger partial charge in [0.1, 0.15) is 5.82 Å². The predicted octanol–water partition coefficient (Wildman–Crippen LogP) is 2.95. The molecular weight excluding hydrogens is 215 g/mol. The molecular formula is C14H23FN2. The lowest BCUT2D eigenvalue weighted by Crippen LogP contribution is -2.33. The summed E-state index contributed by atoms with van der Waals surface area (Å²) in [5.41, 5.74) is 6.95. The summed E-state index contributed by atoms with van der Waals surface area (Å²) in [5, 5.41) is 0. The van der Waals surface area contributed by atoms with Gasteiger partial charge in [-0.05, 0) is 44.5 Å². The van der Waals surface area contributed by atoms with Crippen LogP contribution in [0.25, 0.3) is 0 Å². The first-order valence-corrected chi connectivity index (χ1v) is 6.29. The molecule has 0 fully saturated rings. The van der Waals surface area contributed by atoms with Gasteiger partial charge in [-0.1, -0.05) is 19.1 Å². The first kappa shape index (κ1) is 14.1. The van der Waals surface area contributed by atoms with E-state index in [9.17, 15) is 4.39 Å². The van der Waals surface area contributed by atoms with Crippen LogP contribution in [0.2, 0.25) is 0 Å². The zero-order valence-electron chi connectivity index (χ0n) is 11.0. The van der Waals surface area contributed by atoms with E-state index in [1.54, 1.807) is 6.07 Å². The van der Waals surface area contributed by atoms with Gasteiger partial charge in [0.15, 0.2) is 0 Å². The maximum absolute atomic E-state index is 13.1. The van der Waals surface area contributed by atoms with E-state index < -0.39 is 0 Å². The molecule has 1 unspecified atom stereocenters. The lowest BCUT2D eigenvalue weighted by molar-refractivity contribution is 0.225. The van der Waals surface area contributed by atoms with Gasteiger partial charge in [-0.3, -0.25) is 0 Å². The molecule has 0 spiro atoms.